The van der Waals surface area contributed by atoms with Gasteiger partial charge in [-0.05, 0) is 37.5 Å². The highest BCUT2D eigenvalue weighted by Crippen LogP contribution is 2.24. The second-order valence-electron chi connectivity index (χ2n) is 3.38. The van der Waals surface area contributed by atoms with Gasteiger partial charge in [0, 0.05) is 12.2 Å². The van der Waals surface area contributed by atoms with Crippen molar-refractivity contribution in [2.75, 3.05) is 11.4 Å². The summed E-state index contributed by atoms with van der Waals surface area (Å²) in [5.74, 6) is 0. The third-order valence-corrected chi connectivity index (χ3v) is 2.46. The summed E-state index contributed by atoms with van der Waals surface area (Å²) in [6.45, 7) is 0.838. The van der Waals surface area contributed by atoms with Crippen LogP contribution >= 0.6 is 0 Å². The van der Waals surface area contributed by atoms with Crippen LogP contribution in [0, 0.1) is 6.07 Å². The van der Waals surface area contributed by atoms with Gasteiger partial charge in [0.2, 0.25) is 0 Å². The molecule has 1 aromatic rings. The van der Waals surface area contributed by atoms with Gasteiger partial charge in [-0.1, -0.05) is 12.1 Å². The molecule has 1 nitrogen and oxygen atoms in total. The van der Waals surface area contributed by atoms with Gasteiger partial charge in [0.05, 0.1) is 0 Å². The number of hydrogen-bond acceptors (Lipinski definition) is 1. The Kier molecular flexibility index (Phi) is 2.48. The number of alkyl halides is 1. The summed E-state index contributed by atoms with van der Waals surface area (Å²) in [7, 11) is 0. The molecule has 69 valence electrons. The topological polar surface area (TPSA) is 3.24 Å². The number of benzene rings is 1. The van der Waals surface area contributed by atoms with Crippen LogP contribution in [0.2, 0.25) is 0 Å². The molecule has 1 aliphatic heterocycles. The summed E-state index contributed by atoms with van der Waals surface area (Å²) in [6, 6.07) is 10.4. The third-order valence-electron chi connectivity index (χ3n) is 2.46. The van der Waals surface area contributed by atoms with Gasteiger partial charge in [-0.25, -0.2) is 4.39 Å². The molecule has 1 radical (unpaired) electrons. The summed E-state index contributed by atoms with van der Waals surface area (Å²) < 4.78 is 13.4. The van der Waals surface area contributed by atoms with Crippen LogP contribution < -0.4 is 4.90 Å². The molecule has 2 heteroatoms. The zero-order valence-corrected chi connectivity index (χ0v) is 7.54. The average molecular weight is 178 g/mol. The van der Waals surface area contributed by atoms with Gasteiger partial charge < -0.3 is 4.90 Å². The van der Waals surface area contributed by atoms with E-state index in [1.54, 1.807) is 0 Å². The minimum Gasteiger partial charge on any atom is -0.342 e. The van der Waals surface area contributed by atoms with Crippen molar-refractivity contribution in [1.82, 2.24) is 0 Å². The van der Waals surface area contributed by atoms with Crippen molar-refractivity contribution in [2.24, 2.45) is 0 Å². The zero-order valence-electron chi connectivity index (χ0n) is 7.54. The van der Waals surface area contributed by atoms with E-state index in [9.17, 15) is 4.39 Å². The molecular formula is C11H13FN. The molecule has 0 saturated carbocycles. The highest BCUT2D eigenvalue weighted by atomic mass is 19.1. The van der Waals surface area contributed by atoms with Gasteiger partial charge in [0.25, 0.3) is 0 Å². The molecule has 0 N–H and O–H groups in total. The third kappa shape index (κ3) is 1.82. The molecule has 1 saturated heterocycles. The fourth-order valence-corrected chi connectivity index (χ4v) is 1.75. The number of nitrogens with zero attached hydrogens (tertiary/aromatic N) is 1. The summed E-state index contributed by atoms with van der Waals surface area (Å²) in [4.78, 5) is 1.83. The van der Waals surface area contributed by atoms with E-state index in [1.165, 1.54) is 0 Å². The van der Waals surface area contributed by atoms with E-state index < -0.39 is 6.30 Å². The molecule has 1 aliphatic rings. The Morgan fingerprint density at radius 1 is 1.31 bits per heavy atom. The molecule has 0 aromatic heterocycles. The van der Waals surface area contributed by atoms with Crippen LogP contribution in [-0.2, 0) is 0 Å². The van der Waals surface area contributed by atoms with Crippen molar-refractivity contribution in [3.8, 4) is 0 Å². The van der Waals surface area contributed by atoms with E-state index in [4.69, 9.17) is 0 Å². The summed E-state index contributed by atoms with van der Waals surface area (Å²) in [5, 5.41) is 0. The first-order chi connectivity index (χ1) is 6.38. The van der Waals surface area contributed by atoms with E-state index >= 15 is 0 Å². The predicted molar refractivity (Wildman–Crippen MR) is 51.4 cm³/mol. The highest BCUT2D eigenvalue weighted by molar-refractivity contribution is 5.46. The maximum atomic E-state index is 13.4. The Morgan fingerprint density at radius 3 is 2.77 bits per heavy atom. The fourth-order valence-electron chi connectivity index (χ4n) is 1.75. The summed E-state index contributed by atoms with van der Waals surface area (Å²) in [5.41, 5.74) is 0.978. The highest BCUT2D eigenvalue weighted by Gasteiger charge is 2.21. The first-order valence-corrected chi connectivity index (χ1v) is 4.75. The van der Waals surface area contributed by atoms with Gasteiger partial charge in [-0.3, -0.25) is 0 Å². The molecule has 1 aromatic carbocycles. The van der Waals surface area contributed by atoms with E-state index in [0.29, 0.717) is 6.42 Å². The molecule has 0 unspecified atom stereocenters. The van der Waals surface area contributed by atoms with E-state index in [2.05, 4.69) is 6.07 Å². The van der Waals surface area contributed by atoms with Gasteiger partial charge in [-0.2, -0.15) is 0 Å². The van der Waals surface area contributed by atoms with Crippen LogP contribution in [0.15, 0.2) is 24.3 Å². The molecule has 2 rings (SSSR count). The molecule has 1 atom stereocenters. The van der Waals surface area contributed by atoms with Crippen LogP contribution in [-0.4, -0.2) is 12.8 Å². The number of anilines is 1. The van der Waals surface area contributed by atoms with Crippen molar-refractivity contribution >= 4 is 5.69 Å². The molecule has 1 heterocycles. The largest absolute Gasteiger partial charge is 0.342 e. The molecule has 0 amide bonds. The lowest BCUT2D eigenvalue weighted by atomic mass is 10.1. The second kappa shape index (κ2) is 3.77. The summed E-state index contributed by atoms with van der Waals surface area (Å²) in [6.07, 6.45) is 1.98. The first kappa shape index (κ1) is 8.54. The van der Waals surface area contributed by atoms with Gasteiger partial charge >= 0.3 is 0 Å². The zero-order chi connectivity index (χ0) is 9.10. The van der Waals surface area contributed by atoms with E-state index in [0.717, 1.165) is 25.1 Å². The Balaban J connectivity index is 2.15. The van der Waals surface area contributed by atoms with Crippen LogP contribution in [0.5, 0.6) is 0 Å². The quantitative estimate of drug-likeness (QED) is 0.598. The fraction of sp³-hybridized carbons (Fsp3) is 0.455. The van der Waals surface area contributed by atoms with Gasteiger partial charge in [0.15, 0.2) is 6.30 Å². The minimum absolute atomic E-state index is 0.665. The molecule has 13 heavy (non-hydrogen) atoms. The minimum atomic E-state index is -0.795. The lowest BCUT2D eigenvalue weighted by Crippen LogP contribution is -2.36. The van der Waals surface area contributed by atoms with E-state index in [-0.39, 0.29) is 0 Å². The normalized spacial score (nSPS) is 23.2. The Bertz CT molecular complexity index is 260. The van der Waals surface area contributed by atoms with Crippen LogP contribution in [0.25, 0.3) is 0 Å². The van der Waals surface area contributed by atoms with Crippen molar-refractivity contribution in [1.29, 1.82) is 0 Å². The Morgan fingerprint density at radius 2 is 2.08 bits per heavy atom. The van der Waals surface area contributed by atoms with Crippen molar-refractivity contribution < 1.29 is 4.39 Å². The lowest BCUT2D eigenvalue weighted by Gasteiger charge is -2.32. The maximum absolute atomic E-state index is 13.4. The Hall–Kier alpha value is -1.05. The van der Waals surface area contributed by atoms with Crippen molar-refractivity contribution in [3.63, 3.8) is 0 Å². The van der Waals surface area contributed by atoms with Gasteiger partial charge in [-0.15, -0.1) is 0 Å². The average Bonchev–Trinajstić information content (AvgIpc) is 2.20. The molecule has 1 fully saturated rings. The SMILES string of the molecule is F[C@@H]1CCCCN1c1cc[c]cc1. The first-order valence-electron chi connectivity index (χ1n) is 4.75. The van der Waals surface area contributed by atoms with Crippen molar-refractivity contribution in [3.05, 3.63) is 30.3 Å². The molecule has 0 aliphatic carbocycles. The predicted octanol–water partition coefficient (Wildman–Crippen LogP) is 2.77. The van der Waals surface area contributed by atoms with Crippen LogP contribution in [0.4, 0.5) is 10.1 Å². The standard InChI is InChI=1S/C11H13FN/c12-11-8-4-5-9-13(11)10-6-2-1-3-7-10/h2-3,6-7,11H,4-5,8-9H2/t11-/m0/s1. The molecule has 0 spiro atoms. The van der Waals surface area contributed by atoms with Crippen LogP contribution in [0.1, 0.15) is 19.3 Å². The molecular weight excluding hydrogens is 165 g/mol. The van der Waals surface area contributed by atoms with E-state index in [1.807, 2.05) is 29.2 Å². The monoisotopic (exact) mass is 178 g/mol. The number of hydrogen-bond donors (Lipinski definition) is 0. The van der Waals surface area contributed by atoms with Crippen molar-refractivity contribution in [2.45, 2.75) is 25.6 Å². The number of piperidine rings is 1. The second-order valence-corrected chi connectivity index (χ2v) is 3.38. The smallest absolute Gasteiger partial charge is 0.172 e. The lowest BCUT2D eigenvalue weighted by molar-refractivity contribution is 0.266. The maximum Gasteiger partial charge on any atom is 0.172 e. The number of rotatable bonds is 1. The van der Waals surface area contributed by atoms with Crippen LogP contribution in [0.3, 0.4) is 0 Å². The molecule has 0 bridgehead atoms. The number of halogens is 1. The summed E-state index contributed by atoms with van der Waals surface area (Å²) >= 11 is 0. The van der Waals surface area contributed by atoms with Gasteiger partial charge in [0.1, 0.15) is 0 Å². The Labute approximate surface area is 78.2 Å².